The molecule has 0 bridgehead atoms. The van der Waals surface area contributed by atoms with E-state index in [4.69, 9.17) is 4.63 Å². The summed E-state index contributed by atoms with van der Waals surface area (Å²) in [4.78, 5) is 23.2. The lowest BCUT2D eigenvalue weighted by Gasteiger charge is -2.58. The number of rotatable bonds is 18. The molecule has 9 heteroatoms. The summed E-state index contributed by atoms with van der Waals surface area (Å²) in [7, 11) is 0. The molecule has 0 saturated heterocycles. The molecule has 1 aromatic heterocycles. The number of aryl methyl sites for hydroxylation is 1. The van der Waals surface area contributed by atoms with Crippen LogP contribution in [0.3, 0.4) is 0 Å². The first-order chi connectivity index (χ1) is 25.0. The molecule has 288 valence electrons. The Hall–Kier alpha value is -2.81. The number of non-ortho nitro benzene ring substituents is 1. The average Bonchev–Trinajstić information content (AvgIpc) is 3.74. The van der Waals surface area contributed by atoms with Crippen LogP contribution in [0.1, 0.15) is 149 Å². The molecule has 0 spiro atoms. The van der Waals surface area contributed by atoms with Gasteiger partial charge in [-0.3, -0.25) is 14.9 Å². The highest BCUT2D eigenvalue weighted by atomic mass is 16.6. The molecule has 1 aromatic carbocycles. The minimum atomic E-state index is -0.464. The van der Waals surface area contributed by atoms with Crippen LogP contribution < -0.4 is 10.6 Å². The van der Waals surface area contributed by atoms with Gasteiger partial charge in [-0.25, -0.2) is 4.63 Å². The van der Waals surface area contributed by atoms with Crippen LogP contribution >= 0.6 is 0 Å². The van der Waals surface area contributed by atoms with Crippen LogP contribution in [0, 0.1) is 56.5 Å². The highest BCUT2D eigenvalue weighted by molar-refractivity contribution is 5.85. The van der Waals surface area contributed by atoms with Gasteiger partial charge in [-0.15, -0.1) is 0 Å². The molecule has 9 nitrogen and oxygen atoms in total. The topological polar surface area (TPSA) is 123 Å². The summed E-state index contributed by atoms with van der Waals surface area (Å²) < 4.78 is 4.76. The van der Waals surface area contributed by atoms with Gasteiger partial charge in [0.05, 0.1) is 4.92 Å². The number of nitrogens with zero attached hydrogens (tertiary/aromatic N) is 3. The second-order valence-electron chi connectivity index (χ2n) is 18.3. The fourth-order valence-corrected chi connectivity index (χ4v) is 11.8. The van der Waals surface area contributed by atoms with E-state index in [9.17, 15) is 14.9 Å². The fraction of sp³-hybridized carbons (Fsp3) is 0.791. The summed E-state index contributed by atoms with van der Waals surface area (Å²) >= 11 is 0. The zero-order valence-electron chi connectivity index (χ0n) is 32.9. The van der Waals surface area contributed by atoms with Crippen LogP contribution in [0.15, 0.2) is 28.4 Å². The van der Waals surface area contributed by atoms with Crippen molar-refractivity contribution in [1.82, 2.24) is 20.9 Å². The predicted molar refractivity (Wildman–Crippen MR) is 208 cm³/mol. The Bertz CT molecular complexity index is 1550. The molecule has 4 aliphatic carbocycles. The smallest absolute Gasteiger partial charge is 0.300 e. The molecule has 1 amide bonds. The Kier molecular flexibility index (Phi) is 12.8. The van der Waals surface area contributed by atoms with E-state index in [0.29, 0.717) is 28.8 Å². The van der Waals surface area contributed by atoms with Gasteiger partial charge in [0.2, 0.25) is 11.4 Å². The van der Waals surface area contributed by atoms with Crippen LogP contribution in [0.25, 0.3) is 11.0 Å². The summed E-state index contributed by atoms with van der Waals surface area (Å²) in [5.74, 6) is 5.44. The van der Waals surface area contributed by atoms with Crippen molar-refractivity contribution in [3.8, 4) is 0 Å². The molecule has 3 saturated carbocycles. The van der Waals surface area contributed by atoms with E-state index in [0.717, 1.165) is 92.7 Å². The maximum Gasteiger partial charge on any atom is 0.300 e. The number of nitro groups is 1. The van der Waals surface area contributed by atoms with Crippen molar-refractivity contribution in [1.29, 1.82) is 0 Å². The monoisotopic (exact) mass is 718 g/mol. The van der Waals surface area contributed by atoms with Crippen molar-refractivity contribution in [2.75, 3.05) is 13.1 Å². The molecule has 4 aliphatic rings. The van der Waals surface area contributed by atoms with Gasteiger partial charge in [0.25, 0.3) is 0 Å². The molecule has 2 aromatic rings. The predicted octanol–water partition coefficient (Wildman–Crippen LogP) is 10.1. The third-order valence-corrected chi connectivity index (χ3v) is 14.7. The summed E-state index contributed by atoms with van der Waals surface area (Å²) in [6.45, 7) is 14.3. The number of hydrogen-bond donors (Lipinski definition) is 2. The van der Waals surface area contributed by atoms with E-state index in [1.54, 1.807) is 11.6 Å². The molecule has 1 heterocycles. The molecule has 0 radical (unpaired) electrons. The van der Waals surface area contributed by atoms with E-state index >= 15 is 0 Å². The fourth-order valence-electron chi connectivity index (χ4n) is 11.8. The Morgan fingerprint density at radius 3 is 2.56 bits per heavy atom. The number of allylic oxidation sites excluding steroid dienone is 1. The Morgan fingerprint density at radius 2 is 1.75 bits per heavy atom. The number of nitrogens with one attached hydrogen (secondary N) is 2. The van der Waals surface area contributed by atoms with Crippen molar-refractivity contribution in [3.63, 3.8) is 0 Å². The molecular weight excluding hydrogens is 651 g/mol. The quantitative estimate of drug-likeness (QED) is 0.0681. The van der Waals surface area contributed by atoms with E-state index in [2.05, 4.69) is 61.6 Å². The summed E-state index contributed by atoms with van der Waals surface area (Å²) in [6.07, 6.45) is 23.8. The molecule has 3 fully saturated rings. The maximum atomic E-state index is 12.5. The summed E-state index contributed by atoms with van der Waals surface area (Å²) in [5, 5.41) is 25.8. The number of benzene rings is 1. The number of fused-ring (bicyclic) bond motifs is 6. The van der Waals surface area contributed by atoms with Gasteiger partial charge in [0.15, 0.2) is 0 Å². The van der Waals surface area contributed by atoms with Crippen LogP contribution in [0.5, 0.6) is 0 Å². The lowest BCUT2D eigenvalue weighted by molar-refractivity contribution is -0.383. The van der Waals surface area contributed by atoms with Gasteiger partial charge in [-0.2, -0.15) is 0 Å². The van der Waals surface area contributed by atoms with Crippen molar-refractivity contribution in [2.45, 2.75) is 156 Å². The maximum absolute atomic E-state index is 12.5. The van der Waals surface area contributed by atoms with E-state index < -0.39 is 4.92 Å². The zero-order valence-corrected chi connectivity index (χ0v) is 32.9. The SMILES string of the molecule is CC(C)CCCC(C)[C@H]1CCC2C3CC=C4C[C@@H](NCCCNC(=O)CCCCCCc5ccc([N+](=O)[O-])c6nonc56)CC[C@]4(C)C3CC[C@@]21C. The van der Waals surface area contributed by atoms with E-state index in [-0.39, 0.29) is 17.1 Å². The summed E-state index contributed by atoms with van der Waals surface area (Å²) in [5.41, 5.74) is 4.20. The Labute approximate surface area is 312 Å². The van der Waals surface area contributed by atoms with Crippen LogP contribution in [0.2, 0.25) is 0 Å². The number of hydrogen-bond acceptors (Lipinski definition) is 7. The first-order valence-electron chi connectivity index (χ1n) is 21.1. The molecule has 2 N–H and O–H groups in total. The van der Waals surface area contributed by atoms with Gasteiger partial charge < -0.3 is 10.6 Å². The first kappa shape index (κ1) is 38.9. The number of amides is 1. The molecule has 0 aliphatic heterocycles. The van der Waals surface area contributed by atoms with Gasteiger partial charge in [-0.1, -0.05) is 78.4 Å². The lowest BCUT2D eigenvalue weighted by Crippen LogP contribution is -2.51. The largest absolute Gasteiger partial charge is 0.356 e. The summed E-state index contributed by atoms with van der Waals surface area (Å²) in [6, 6.07) is 3.77. The zero-order chi connectivity index (χ0) is 36.9. The molecular formula is C43H67N5O4. The van der Waals surface area contributed by atoms with Crippen molar-refractivity contribution in [2.24, 2.45) is 46.3 Å². The number of nitro benzene ring substituents is 1. The van der Waals surface area contributed by atoms with E-state index in [1.165, 1.54) is 76.7 Å². The van der Waals surface area contributed by atoms with Gasteiger partial charge in [0.1, 0.15) is 5.52 Å². The van der Waals surface area contributed by atoms with E-state index in [1.807, 2.05) is 0 Å². The second-order valence-corrected chi connectivity index (χ2v) is 18.3. The Morgan fingerprint density at radius 1 is 0.942 bits per heavy atom. The van der Waals surface area contributed by atoms with Gasteiger partial charge in [0, 0.05) is 25.1 Å². The van der Waals surface area contributed by atoms with Crippen LogP contribution in [-0.2, 0) is 11.2 Å². The van der Waals surface area contributed by atoms with Gasteiger partial charge >= 0.3 is 5.69 Å². The van der Waals surface area contributed by atoms with Crippen molar-refractivity contribution < 1.29 is 14.3 Å². The molecule has 52 heavy (non-hydrogen) atoms. The normalized spacial score (nSPS) is 30.4. The number of aromatic nitrogens is 2. The Balaban J connectivity index is 0.856. The second kappa shape index (κ2) is 17.1. The third-order valence-electron chi connectivity index (χ3n) is 14.7. The lowest BCUT2D eigenvalue weighted by atomic mass is 9.47. The first-order valence-corrected chi connectivity index (χ1v) is 21.1. The highest BCUT2D eigenvalue weighted by Crippen LogP contribution is 2.67. The van der Waals surface area contributed by atoms with Crippen molar-refractivity contribution in [3.05, 3.63) is 39.5 Å². The number of carbonyl (C=O) groups excluding carboxylic acids is 1. The standard InChI is InChI=1S/C43H67N5O4/c1-29(2)12-10-13-30(3)35-19-20-36-34-18-17-32-28-33(22-24-42(32,4)37(34)23-25-43(35,36)5)44-26-11-27-45-39(49)15-9-7-6-8-14-31-16-21-38(48(50)51)41-40(31)46-52-47-41/h16-17,21,29-30,33-37,44H,6-15,18-20,22-28H2,1-5H3,(H,45,49)/t30?,33-,34?,35+,36?,37?,42-,43+/m0/s1. The van der Waals surface area contributed by atoms with Gasteiger partial charge in [-0.05, 0) is 152 Å². The minimum Gasteiger partial charge on any atom is -0.356 e. The van der Waals surface area contributed by atoms with Crippen molar-refractivity contribution >= 4 is 22.6 Å². The van der Waals surface area contributed by atoms with Crippen LogP contribution in [-0.4, -0.2) is 40.3 Å². The highest BCUT2D eigenvalue weighted by Gasteiger charge is 2.59. The molecule has 8 atom stereocenters. The average molecular weight is 718 g/mol. The third kappa shape index (κ3) is 8.44. The molecule has 4 unspecified atom stereocenters. The minimum absolute atomic E-state index is 0.0839. The number of unbranched alkanes of at least 4 members (excludes halogenated alkanes) is 3. The number of carbonyl (C=O) groups is 1. The van der Waals surface area contributed by atoms with Crippen LogP contribution in [0.4, 0.5) is 5.69 Å². The molecule has 6 rings (SSSR count).